The highest BCUT2D eigenvalue weighted by atomic mass is 32.2. The number of para-hydroxylation sites is 1. The summed E-state index contributed by atoms with van der Waals surface area (Å²) < 4.78 is 28.7. The normalized spacial score (nSPS) is 25.3. The lowest BCUT2D eigenvalue weighted by Gasteiger charge is -2.24. The molecule has 2 atom stereocenters. The summed E-state index contributed by atoms with van der Waals surface area (Å²) in [6.45, 7) is 0.414. The lowest BCUT2D eigenvalue weighted by Crippen LogP contribution is -2.46. The van der Waals surface area contributed by atoms with E-state index in [9.17, 15) is 13.2 Å². The third kappa shape index (κ3) is 3.19. The van der Waals surface area contributed by atoms with Crippen LogP contribution in [0.4, 0.5) is 4.79 Å². The number of carbonyl (C=O) groups excluding carboxylic acids is 1. The minimum absolute atomic E-state index is 0.0578. The van der Waals surface area contributed by atoms with Crippen LogP contribution in [0.15, 0.2) is 24.3 Å². The molecule has 2 heterocycles. The molecule has 0 spiro atoms. The molecule has 0 saturated carbocycles. The summed E-state index contributed by atoms with van der Waals surface area (Å²) in [6.07, 6.45) is 1.22. The first-order valence-corrected chi connectivity index (χ1v) is 9.22. The zero-order chi connectivity index (χ0) is 15.7. The molecule has 2 unspecified atom stereocenters. The molecular weight excluding hydrogens is 304 g/mol. The Bertz CT molecular complexity index is 649. The summed E-state index contributed by atoms with van der Waals surface area (Å²) >= 11 is 0. The standard InChI is InChI=1S/C15H20N2O4S/c1-17(12-6-7-22(19,20)10-12)15(18)16-9-13-8-11-4-2-3-5-14(11)21-13/h2-5,12-13H,6-10H2,1H3,(H,16,18). The molecule has 0 aliphatic carbocycles. The van der Waals surface area contributed by atoms with Gasteiger partial charge in [0.25, 0.3) is 0 Å². The smallest absolute Gasteiger partial charge is 0.317 e. The number of sulfone groups is 1. The number of nitrogens with one attached hydrogen (secondary N) is 1. The minimum atomic E-state index is -2.99. The van der Waals surface area contributed by atoms with Gasteiger partial charge < -0.3 is 15.0 Å². The lowest BCUT2D eigenvalue weighted by atomic mass is 10.1. The van der Waals surface area contributed by atoms with Crippen molar-refractivity contribution in [2.75, 3.05) is 25.1 Å². The van der Waals surface area contributed by atoms with Gasteiger partial charge in [-0.1, -0.05) is 18.2 Å². The maximum absolute atomic E-state index is 12.1. The molecule has 1 fully saturated rings. The third-order valence-electron chi connectivity index (χ3n) is 4.27. The van der Waals surface area contributed by atoms with Crippen LogP contribution in [-0.4, -0.2) is 56.6 Å². The molecule has 120 valence electrons. The van der Waals surface area contributed by atoms with Gasteiger partial charge in [-0.2, -0.15) is 0 Å². The van der Waals surface area contributed by atoms with Gasteiger partial charge >= 0.3 is 6.03 Å². The first-order chi connectivity index (χ1) is 10.4. The van der Waals surface area contributed by atoms with Gasteiger partial charge in [0.05, 0.1) is 18.1 Å². The molecule has 1 N–H and O–H groups in total. The zero-order valence-corrected chi connectivity index (χ0v) is 13.3. The van der Waals surface area contributed by atoms with Gasteiger partial charge in [0, 0.05) is 19.5 Å². The van der Waals surface area contributed by atoms with Crippen molar-refractivity contribution in [3.63, 3.8) is 0 Å². The van der Waals surface area contributed by atoms with E-state index in [0.717, 1.165) is 17.7 Å². The van der Waals surface area contributed by atoms with Crippen molar-refractivity contribution in [3.8, 4) is 5.75 Å². The maximum Gasteiger partial charge on any atom is 0.317 e. The van der Waals surface area contributed by atoms with Crippen LogP contribution in [0, 0.1) is 0 Å². The van der Waals surface area contributed by atoms with Crippen LogP contribution >= 0.6 is 0 Å². The third-order valence-corrected chi connectivity index (χ3v) is 6.02. The van der Waals surface area contributed by atoms with Gasteiger partial charge in [-0.3, -0.25) is 0 Å². The molecule has 0 aromatic heterocycles. The van der Waals surface area contributed by atoms with Crippen molar-refractivity contribution in [1.82, 2.24) is 10.2 Å². The Balaban J connectivity index is 1.49. The largest absolute Gasteiger partial charge is 0.488 e. The molecule has 1 saturated heterocycles. The number of fused-ring (bicyclic) bond motifs is 1. The van der Waals surface area contributed by atoms with Crippen molar-refractivity contribution < 1.29 is 17.9 Å². The van der Waals surface area contributed by atoms with Gasteiger partial charge in [0.1, 0.15) is 11.9 Å². The number of rotatable bonds is 3. The van der Waals surface area contributed by atoms with Gasteiger partial charge in [0.2, 0.25) is 0 Å². The van der Waals surface area contributed by atoms with E-state index in [4.69, 9.17) is 4.74 Å². The highest BCUT2D eigenvalue weighted by Gasteiger charge is 2.33. The predicted molar refractivity (Wildman–Crippen MR) is 82.8 cm³/mol. The predicted octanol–water partition coefficient (Wildman–Crippen LogP) is 0.819. The fourth-order valence-electron chi connectivity index (χ4n) is 2.94. The van der Waals surface area contributed by atoms with E-state index in [-0.39, 0.29) is 29.7 Å². The summed E-state index contributed by atoms with van der Waals surface area (Å²) in [5.74, 6) is 1.09. The Labute approximate surface area is 130 Å². The Kier molecular flexibility index (Phi) is 3.99. The van der Waals surface area contributed by atoms with Gasteiger partial charge in [-0.15, -0.1) is 0 Å². The highest BCUT2D eigenvalue weighted by Crippen LogP contribution is 2.27. The highest BCUT2D eigenvalue weighted by molar-refractivity contribution is 7.91. The average molecular weight is 324 g/mol. The molecule has 22 heavy (non-hydrogen) atoms. The molecule has 2 aliphatic rings. The maximum atomic E-state index is 12.1. The first-order valence-electron chi connectivity index (χ1n) is 7.40. The van der Waals surface area contributed by atoms with E-state index in [1.165, 1.54) is 4.90 Å². The first kappa shape index (κ1) is 15.1. The number of hydrogen-bond acceptors (Lipinski definition) is 4. The monoisotopic (exact) mass is 324 g/mol. The summed E-state index contributed by atoms with van der Waals surface area (Å²) in [6, 6.07) is 7.36. The second kappa shape index (κ2) is 5.79. The number of urea groups is 1. The zero-order valence-electron chi connectivity index (χ0n) is 12.5. The van der Waals surface area contributed by atoms with Crippen LogP contribution in [0.25, 0.3) is 0 Å². The number of hydrogen-bond donors (Lipinski definition) is 1. The lowest BCUT2D eigenvalue weighted by molar-refractivity contribution is 0.182. The van der Waals surface area contributed by atoms with E-state index in [2.05, 4.69) is 5.32 Å². The Morgan fingerprint density at radius 3 is 2.86 bits per heavy atom. The van der Waals surface area contributed by atoms with E-state index in [1.54, 1.807) is 7.05 Å². The van der Waals surface area contributed by atoms with Crippen LogP contribution in [-0.2, 0) is 16.3 Å². The van der Waals surface area contributed by atoms with Crippen molar-refractivity contribution >= 4 is 15.9 Å². The molecule has 6 nitrogen and oxygen atoms in total. The van der Waals surface area contributed by atoms with E-state index < -0.39 is 9.84 Å². The summed E-state index contributed by atoms with van der Waals surface area (Å²) in [5, 5.41) is 2.83. The molecule has 0 bridgehead atoms. The number of carbonyl (C=O) groups is 1. The average Bonchev–Trinajstić information content (AvgIpc) is 3.06. The Hall–Kier alpha value is -1.76. The fourth-order valence-corrected chi connectivity index (χ4v) is 4.71. The second-order valence-corrected chi connectivity index (χ2v) is 8.13. The number of ether oxygens (including phenoxy) is 1. The minimum Gasteiger partial charge on any atom is -0.488 e. The Morgan fingerprint density at radius 2 is 2.18 bits per heavy atom. The SMILES string of the molecule is CN(C(=O)NCC1Cc2ccccc2O1)C1CCS(=O)(=O)C1. The second-order valence-electron chi connectivity index (χ2n) is 5.91. The van der Waals surface area contributed by atoms with Crippen molar-refractivity contribution in [3.05, 3.63) is 29.8 Å². The van der Waals surface area contributed by atoms with Crippen LogP contribution in [0.3, 0.4) is 0 Å². The number of benzene rings is 1. The molecule has 1 aromatic carbocycles. The quantitative estimate of drug-likeness (QED) is 0.893. The van der Waals surface area contributed by atoms with Crippen LogP contribution in [0.5, 0.6) is 5.75 Å². The summed E-state index contributed by atoms with van der Waals surface area (Å²) in [5.41, 5.74) is 1.15. The molecule has 2 aliphatic heterocycles. The molecular formula is C15H20N2O4S. The Morgan fingerprint density at radius 1 is 1.41 bits per heavy atom. The van der Waals surface area contributed by atoms with Crippen LogP contribution in [0.2, 0.25) is 0 Å². The van der Waals surface area contributed by atoms with Gasteiger partial charge in [0.15, 0.2) is 9.84 Å². The van der Waals surface area contributed by atoms with Crippen LogP contribution in [0.1, 0.15) is 12.0 Å². The number of nitrogens with zero attached hydrogens (tertiary/aromatic N) is 1. The molecule has 7 heteroatoms. The molecule has 1 aromatic rings. The van der Waals surface area contributed by atoms with Crippen molar-refractivity contribution in [1.29, 1.82) is 0 Å². The van der Waals surface area contributed by atoms with E-state index in [0.29, 0.717) is 13.0 Å². The molecule has 3 rings (SSSR count). The number of amides is 2. The molecule has 2 amide bonds. The topological polar surface area (TPSA) is 75.7 Å². The molecule has 0 radical (unpaired) electrons. The van der Waals surface area contributed by atoms with Gasteiger partial charge in [-0.25, -0.2) is 13.2 Å². The van der Waals surface area contributed by atoms with E-state index >= 15 is 0 Å². The van der Waals surface area contributed by atoms with E-state index in [1.807, 2.05) is 24.3 Å². The summed E-state index contributed by atoms with van der Waals surface area (Å²) in [4.78, 5) is 13.6. The summed E-state index contributed by atoms with van der Waals surface area (Å²) in [7, 11) is -1.34. The van der Waals surface area contributed by atoms with Crippen LogP contribution < -0.4 is 10.1 Å². The van der Waals surface area contributed by atoms with Crippen molar-refractivity contribution in [2.24, 2.45) is 0 Å². The fraction of sp³-hybridized carbons (Fsp3) is 0.533. The van der Waals surface area contributed by atoms with Gasteiger partial charge in [-0.05, 0) is 18.1 Å². The van der Waals surface area contributed by atoms with Crippen molar-refractivity contribution in [2.45, 2.75) is 25.0 Å².